The van der Waals surface area contributed by atoms with Crippen LogP contribution in [0.1, 0.15) is 15.9 Å². The Balaban J connectivity index is 2.27. The molecule has 0 aliphatic rings. The molecule has 0 aliphatic heterocycles. The Kier molecular flexibility index (Phi) is 4.11. The van der Waals surface area contributed by atoms with Gasteiger partial charge in [-0.1, -0.05) is 16.8 Å². The van der Waals surface area contributed by atoms with Gasteiger partial charge in [0.15, 0.2) is 5.84 Å². The first-order chi connectivity index (χ1) is 9.61. The Morgan fingerprint density at radius 2 is 2.00 bits per heavy atom. The van der Waals surface area contributed by atoms with Crippen molar-refractivity contribution in [2.24, 2.45) is 10.9 Å². The van der Waals surface area contributed by atoms with E-state index in [4.69, 9.17) is 22.5 Å². The van der Waals surface area contributed by atoms with E-state index in [0.29, 0.717) is 16.3 Å². The number of nitrogens with two attached hydrogens (primary N) is 1. The molecule has 0 saturated carbocycles. The van der Waals surface area contributed by atoms with Crippen LogP contribution in [0.2, 0.25) is 5.02 Å². The zero-order valence-corrected chi connectivity index (χ0v) is 10.9. The third-order valence-corrected chi connectivity index (χ3v) is 2.77. The monoisotopic (exact) mass is 291 g/mol. The molecule has 2 aromatic rings. The molecule has 1 aromatic heterocycles. The first-order valence-electron chi connectivity index (χ1n) is 5.45. The summed E-state index contributed by atoms with van der Waals surface area (Å²) >= 11 is 5.99. The van der Waals surface area contributed by atoms with Crippen LogP contribution >= 0.6 is 11.6 Å². The van der Waals surface area contributed by atoms with Gasteiger partial charge in [0.2, 0.25) is 0 Å². The molecule has 1 amide bonds. The third kappa shape index (κ3) is 3.01. The molecule has 0 saturated heterocycles. The quantitative estimate of drug-likeness (QED) is 0.343. The van der Waals surface area contributed by atoms with Crippen molar-refractivity contribution in [1.82, 2.24) is 9.97 Å². The predicted octanol–water partition coefficient (Wildman–Crippen LogP) is 1.48. The molecule has 0 fully saturated rings. The molecular formula is C12H10ClN5O2. The molecular weight excluding hydrogens is 282 g/mol. The lowest BCUT2D eigenvalue weighted by Crippen LogP contribution is -2.16. The molecule has 0 spiro atoms. The third-order valence-electron chi connectivity index (χ3n) is 2.44. The van der Waals surface area contributed by atoms with Gasteiger partial charge in [-0.25, -0.2) is 9.97 Å². The van der Waals surface area contributed by atoms with E-state index in [1.807, 2.05) is 0 Å². The van der Waals surface area contributed by atoms with E-state index >= 15 is 0 Å². The lowest BCUT2D eigenvalue weighted by molar-refractivity contribution is 0.102. The summed E-state index contributed by atoms with van der Waals surface area (Å²) in [6, 6.07) is 4.60. The van der Waals surface area contributed by atoms with Crippen molar-refractivity contribution in [2.75, 3.05) is 5.32 Å². The average Bonchev–Trinajstić information content (AvgIpc) is 2.49. The molecule has 1 heterocycles. The maximum atomic E-state index is 12.0. The Labute approximate surface area is 119 Å². The van der Waals surface area contributed by atoms with E-state index in [0.717, 1.165) is 0 Å². The summed E-state index contributed by atoms with van der Waals surface area (Å²) in [5, 5.41) is 14.4. The fourth-order valence-corrected chi connectivity index (χ4v) is 1.61. The summed E-state index contributed by atoms with van der Waals surface area (Å²) in [4.78, 5) is 19.5. The van der Waals surface area contributed by atoms with Crippen LogP contribution in [0.3, 0.4) is 0 Å². The molecule has 7 nitrogen and oxygen atoms in total. The highest BCUT2D eigenvalue weighted by molar-refractivity contribution is 6.34. The summed E-state index contributed by atoms with van der Waals surface area (Å²) in [5.74, 6) is -0.496. The van der Waals surface area contributed by atoms with Crippen LogP contribution < -0.4 is 11.1 Å². The van der Waals surface area contributed by atoms with Gasteiger partial charge in [-0.15, -0.1) is 0 Å². The van der Waals surface area contributed by atoms with Gasteiger partial charge >= 0.3 is 0 Å². The first-order valence-corrected chi connectivity index (χ1v) is 5.83. The number of rotatable bonds is 3. The maximum absolute atomic E-state index is 12.0. The second-order valence-electron chi connectivity index (χ2n) is 3.76. The Bertz CT molecular complexity index is 660. The molecule has 0 radical (unpaired) electrons. The standard InChI is InChI=1S/C12H10ClN5O2/c13-9-2-1-7(11(14)18-20)3-10(9)17-12(19)8-4-15-6-16-5-8/h1-6,20H,(H2,14,18)(H,17,19). The van der Waals surface area contributed by atoms with Crippen LogP contribution in [-0.2, 0) is 0 Å². The van der Waals surface area contributed by atoms with Crippen molar-refractivity contribution in [3.8, 4) is 0 Å². The predicted molar refractivity (Wildman–Crippen MR) is 73.9 cm³/mol. The zero-order valence-electron chi connectivity index (χ0n) is 10.1. The summed E-state index contributed by atoms with van der Waals surface area (Å²) in [6.45, 7) is 0. The van der Waals surface area contributed by atoms with Crippen LogP contribution in [0.5, 0.6) is 0 Å². The minimum absolute atomic E-state index is 0.0831. The fourth-order valence-electron chi connectivity index (χ4n) is 1.45. The van der Waals surface area contributed by atoms with Gasteiger partial charge in [-0.2, -0.15) is 0 Å². The number of anilines is 1. The highest BCUT2D eigenvalue weighted by atomic mass is 35.5. The van der Waals surface area contributed by atoms with Gasteiger partial charge in [-0.3, -0.25) is 4.79 Å². The van der Waals surface area contributed by atoms with Gasteiger partial charge < -0.3 is 16.3 Å². The zero-order chi connectivity index (χ0) is 14.5. The molecule has 102 valence electrons. The van der Waals surface area contributed by atoms with Crippen molar-refractivity contribution < 1.29 is 10.0 Å². The van der Waals surface area contributed by atoms with E-state index in [1.165, 1.54) is 30.9 Å². The van der Waals surface area contributed by atoms with E-state index in [-0.39, 0.29) is 11.4 Å². The van der Waals surface area contributed by atoms with Gasteiger partial charge in [-0.05, 0) is 18.2 Å². The van der Waals surface area contributed by atoms with Gasteiger partial charge in [0.25, 0.3) is 5.91 Å². The summed E-state index contributed by atoms with van der Waals surface area (Å²) < 4.78 is 0. The number of amidine groups is 1. The topological polar surface area (TPSA) is 113 Å². The summed E-state index contributed by atoms with van der Waals surface area (Å²) in [7, 11) is 0. The van der Waals surface area contributed by atoms with E-state index in [9.17, 15) is 4.79 Å². The first kappa shape index (κ1) is 13.8. The molecule has 0 aliphatic carbocycles. The number of amides is 1. The highest BCUT2D eigenvalue weighted by Crippen LogP contribution is 2.23. The number of benzene rings is 1. The second-order valence-corrected chi connectivity index (χ2v) is 4.17. The van der Waals surface area contributed by atoms with Crippen molar-refractivity contribution in [2.45, 2.75) is 0 Å². The number of oxime groups is 1. The smallest absolute Gasteiger partial charge is 0.258 e. The summed E-state index contributed by atoms with van der Waals surface area (Å²) in [6.07, 6.45) is 4.08. The van der Waals surface area contributed by atoms with E-state index in [1.54, 1.807) is 6.07 Å². The van der Waals surface area contributed by atoms with Crippen molar-refractivity contribution in [3.63, 3.8) is 0 Å². The molecule has 0 atom stereocenters. The van der Waals surface area contributed by atoms with Crippen LogP contribution in [0, 0.1) is 0 Å². The lowest BCUT2D eigenvalue weighted by atomic mass is 10.2. The SMILES string of the molecule is N/C(=N/O)c1ccc(Cl)c(NC(=O)c2cncnc2)c1. The van der Waals surface area contributed by atoms with Crippen LogP contribution in [0.25, 0.3) is 0 Å². The van der Waals surface area contributed by atoms with Gasteiger partial charge in [0, 0.05) is 18.0 Å². The molecule has 1 aromatic carbocycles. The van der Waals surface area contributed by atoms with Crippen molar-refractivity contribution >= 4 is 29.0 Å². The highest BCUT2D eigenvalue weighted by Gasteiger charge is 2.10. The Hall–Kier alpha value is -2.67. The number of hydrogen-bond donors (Lipinski definition) is 3. The summed E-state index contributed by atoms with van der Waals surface area (Å²) in [5.41, 5.74) is 6.53. The average molecular weight is 292 g/mol. The Morgan fingerprint density at radius 3 is 2.65 bits per heavy atom. The second kappa shape index (κ2) is 5.98. The molecule has 20 heavy (non-hydrogen) atoms. The van der Waals surface area contributed by atoms with Crippen molar-refractivity contribution in [1.29, 1.82) is 0 Å². The maximum Gasteiger partial charge on any atom is 0.258 e. The number of halogens is 1. The number of carbonyl (C=O) groups excluding carboxylic acids is 1. The molecule has 8 heteroatoms. The Morgan fingerprint density at radius 1 is 1.30 bits per heavy atom. The normalized spacial score (nSPS) is 11.2. The molecule has 0 unspecified atom stereocenters. The van der Waals surface area contributed by atoms with Gasteiger partial charge in [0.05, 0.1) is 16.3 Å². The molecule has 2 rings (SSSR count). The van der Waals surface area contributed by atoms with Crippen molar-refractivity contribution in [3.05, 3.63) is 53.1 Å². The largest absolute Gasteiger partial charge is 0.409 e. The van der Waals surface area contributed by atoms with Crippen LogP contribution in [0.15, 0.2) is 42.1 Å². The molecule has 0 bridgehead atoms. The van der Waals surface area contributed by atoms with Gasteiger partial charge in [0.1, 0.15) is 6.33 Å². The number of nitrogens with zero attached hydrogens (tertiary/aromatic N) is 3. The number of carbonyl (C=O) groups is 1. The number of nitrogens with one attached hydrogen (secondary N) is 1. The minimum atomic E-state index is -0.413. The van der Waals surface area contributed by atoms with E-state index in [2.05, 4.69) is 20.4 Å². The molecule has 4 N–H and O–H groups in total. The van der Waals surface area contributed by atoms with Crippen LogP contribution in [0.4, 0.5) is 5.69 Å². The van der Waals surface area contributed by atoms with E-state index < -0.39 is 5.91 Å². The minimum Gasteiger partial charge on any atom is -0.409 e. The van der Waals surface area contributed by atoms with Crippen LogP contribution in [-0.4, -0.2) is 26.9 Å². The lowest BCUT2D eigenvalue weighted by Gasteiger charge is -2.08. The number of aromatic nitrogens is 2. The number of hydrogen-bond acceptors (Lipinski definition) is 5. The fraction of sp³-hybridized carbons (Fsp3) is 0.